The molecular weight excluding hydrogens is 324 g/mol. The maximum atomic E-state index is 12.4. The highest BCUT2D eigenvalue weighted by atomic mass is 16.5. The molecule has 2 N–H and O–H groups in total. The zero-order valence-corrected chi connectivity index (χ0v) is 14.1. The number of carbonyl (C=O) groups is 1. The lowest BCUT2D eigenvalue weighted by Crippen LogP contribution is -2.13. The predicted molar refractivity (Wildman–Crippen MR) is 91.1 cm³/mol. The van der Waals surface area contributed by atoms with Gasteiger partial charge in [-0.15, -0.1) is 0 Å². The molecule has 0 fully saturated rings. The zero-order chi connectivity index (χ0) is 18.4. The minimum absolute atomic E-state index is 0.250. The van der Waals surface area contributed by atoms with Crippen LogP contribution in [0.25, 0.3) is 0 Å². The Hall–Kier alpha value is -3.24. The van der Waals surface area contributed by atoms with Gasteiger partial charge in [-0.05, 0) is 17.7 Å². The van der Waals surface area contributed by atoms with Crippen molar-refractivity contribution >= 4 is 11.6 Å². The summed E-state index contributed by atoms with van der Waals surface area (Å²) >= 11 is 0. The fraction of sp³-hybridized carbons (Fsp3) is 0.222. The van der Waals surface area contributed by atoms with Crippen molar-refractivity contribution in [2.24, 2.45) is 0 Å². The van der Waals surface area contributed by atoms with Crippen LogP contribution in [0.5, 0.6) is 17.2 Å². The van der Waals surface area contributed by atoms with Gasteiger partial charge in [-0.25, -0.2) is 0 Å². The number of amides is 1. The molecule has 0 bridgehead atoms. The fourth-order valence-electron chi connectivity index (χ4n) is 2.32. The number of nitriles is 1. The lowest BCUT2D eigenvalue weighted by atomic mass is 10.0. The van der Waals surface area contributed by atoms with Gasteiger partial charge in [-0.2, -0.15) is 5.26 Å². The Morgan fingerprint density at radius 2 is 1.76 bits per heavy atom. The first-order chi connectivity index (χ1) is 12.1. The largest absolute Gasteiger partial charge is 0.493 e. The number of benzene rings is 2. The summed E-state index contributed by atoms with van der Waals surface area (Å²) in [5.41, 5.74) is 1.46. The molecule has 7 heteroatoms. The smallest absolute Gasteiger partial charge is 0.255 e. The van der Waals surface area contributed by atoms with Gasteiger partial charge in [-0.3, -0.25) is 4.79 Å². The Kier molecular flexibility index (Phi) is 5.82. The fourth-order valence-corrected chi connectivity index (χ4v) is 2.32. The van der Waals surface area contributed by atoms with E-state index in [2.05, 4.69) is 5.32 Å². The summed E-state index contributed by atoms with van der Waals surface area (Å²) in [6.07, 6.45) is 0. The highest BCUT2D eigenvalue weighted by Gasteiger charge is 2.15. The molecule has 2 rings (SSSR count). The minimum Gasteiger partial charge on any atom is -0.493 e. The van der Waals surface area contributed by atoms with E-state index in [1.165, 1.54) is 27.4 Å². The van der Waals surface area contributed by atoms with Gasteiger partial charge < -0.3 is 24.6 Å². The number of nitrogens with one attached hydrogen (secondary N) is 1. The first-order valence-electron chi connectivity index (χ1n) is 7.33. The SMILES string of the molecule is COc1cc(NC(=O)c2ccc(CO)c(C#N)c2)cc(OC)c1OC. The summed E-state index contributed by atoms with van der Waals surface area (Å²) in [5, 5.41) is 21.0. The number of hydrogen-bond acceptors (Lipinski definition) is 6. The highest BCUT2D eigenvalue weighted by molar-refractivity contribution is 6.04. The summed E-state index contributed by atoms with van der Waals surface area (Å²) in [5.74, 6) is 0.827. The quantitative estimate of drug-likeness (QED) is 0.835. The van der Waals surface area contributed by atoms with Crippen LogP contribution in [-0.4, -0.2) is 32.3 Å². The minimum atomic E-state index is -0.407. The topological polar surface area (TPSA) is 101 Å². The summed E-state index contributed by atoms with van der Waals surface area (Å²) in [7, 11) is 4.45. The molecule has 0 aliphatic carbocycles. The normalized spacial score (nSPS) is 9.88. The number of ether oxygens (including phenoxy) is 3. The van der Waals surface area contributed by atoms with Crippen LogP contribution in [0.1, 0.15) is 21.5 Å². The van der Waals surface area contributed by atoms with Crippen molar-refractivity contribution < 1.29 is 24.1 Å². The van der Waals surface area contributed by atoms with Crippen LogP contribution >= 0.6 is 0 Å². The summed E-state index contributed by atoms with van der Waals surface area (Å²) in [6.45, 7) is -0.266. The lowest BCUT2D eigenvalue weighted by molar-refractivity contribution is 0.102. The number of carbonyl (C=O) groups excluding carboxylic acids is 1. The highest BCUT2D eigenvalue weighted by Crippen LogP contribution is 2.40. The van der Waals surface area contributed by atoms with Crippen molar-refractivity contribution in [2.45, 2.75) is 6.61 Å². The van der Waals surface area contributed by atoms with Crippen molar-refractivity contribution in [1.82, 2.24) is 0 Å². The van der Waals surface area contributed by atoms with Crippen LogP contribution in [0, 0.1) is 11.3 Å². The molecule has 0 aliphatic heterocycles. The third-order valence-electron chi connectivity index (χ3n) is 3.59. The number of hydrogen-bond donors (Lipinski definition) is 2. The van der Waals surface area contributed by atoms with Gasteiger partial charge in [0.25, 0.3) is 5.91 Å². The van der Waals surface area contributed by atoms with Gasteiger partial charge in [0.2, 0.25) is 5.75 Å². The van der Waals surface area contributed by atoms with E-state index in [1.807, 2.05) is 6.07 Å². The Morgan fingerprint density at radius 3 is 2.24 bits per heavy atom. The van der Waals surface area contributed by atoms with Crippen molar-refractivity contribution in [3.63, 3.8) is 0 Å². The first-order valence-corrected chi connectivity index (χ1v) is 7.33. The predicted octanol–water partition coefficient (Wildman–Crippen LogP) is 2.33. The van der Waals surface area contributed by atoms with Crippen LogP contribution < -0.4 is 19.5 Å². The van der Waals surface area contributed by atoms with Crippen molar-refractivity contribution in [3.8, 4) is 23.3 Å². The molecule has 2 aromatic carbocycles. The molecule has 0 heterocycles. The number of aliphatic hydroxyl groups excluding tert-OH is 1. The summed E-state index contributed by atoms with van der Waals surface area (Å²) in [4.78, 5) is 12.4. The molecule has 0 unspecified atom stereocenters. The second-order valence-corrected chi connectivity index (χ2v) is 5.01. The van der Waals surface area contributed by atoms with Crippen LogP contribution in [0.4, 0.5) is 5.69 Å². The van der Waals surface area contributed by atoms with Gasteiger partial charge in [-0.1, -0.05) is 6.07 Å². The number of aliphatic hydroxyl groups is 1. The summed E-state index contributed by atoms with van der Waals surface area (Å²) in [6, 6.07) is 9.68. The van der Waals surface area contributed by atoms with Gasteiger partial charge in [0, 0.05) is 23.4 Å². The molecular formula is C18H18N2O5. The van der Waals surface area contributed by atoms with Crippen LogP contribution in [0.15, 0.2) is 30.3 Å². The van der Waals surface area contributed by atoms with E-state index in [9.17, 15) is 9.90 Å². The Morgan fingerprint density at radius 1 is 1.12 bits per heavy atom. The number of methoxy groups -OCH3 is 3. The molecule has 2 aromatic rings. The molecule has 1 amide bonds. The number of anilines is 1. The molecule has 0 spiro atoms. The van der Waals surface area contributed by atoms with Crippen LogP contribution in [0.3, 0.4) is 0 Å². The maximum absolute atomic E-state index is 12.4. The Labute approximate surface area is 145 Å². The van der Waals surface area contributed by atoms with Gasteiger partial charge >= 0.3 is 0 Å². The molecule has 0 saturated carbocycles. The Bertz CT molecular complexity index is 802. The monoisotopic (exact) mass is 342 g/mol. The van der Waals surface area contributed by atoms with Gasteiger partial charge in [0.15, 0.2) is 11.5 Å². The van der Waals surface area contributed by atoms with E-state index in [1.54, 1.807) is 24.3 Å². The first kappa shape index (κ1) is 18.1. The average Bonchev–Trinajstić information content (AvgIpc) is 2.66. The number of rotatable bonds is 6. The van der Waals surface area contributed by atoms with Gasteiger partial charge in [0.05, 0.1) is 39.6 Å². The van der Waals surface area contributed by atoms with E-state index < -0.39 is 5.91 Å². The van der Waals surface area contributed by atoms with Crippen molar-refractivity contribution in [1.29, 1.82) is 5.26 Å². The lowest BCUT2D eigenvalue weighted by Gasteiger charge is -2.14. The Balaban J connectivity index is 2.33. The standard InChI is InChI=1S/C18H18N2O5/c1-23-15-7-14(8-16(24-2)17(15)25-3)20-18(22)11-4-5-12(10-21)13(6-11)9-19/h4-8,21H,10H2,1-3H3,(H,20,22). The molecule has 7 nitrogen and oxygen atoms in total. The van der Waals surface area contributed by atoms with E-state index in [4.69, 9.17) is 19.5 Å². The third-order valence-corrected chi connectivity index (χ3v) is 3.59. The summed E-state index contributed by atoms with van der Waals surface area (Å²) < 4.78 is 15.7. The zero-order valence-electron chi connectivity index (χ0n) is 14.1. The van der Waals surface area contributed by atoms with E-state index in [0.29, 0.717) is 34.1 Å². The van der Waals surface area contributed by atoms with Crippen molar-refractivity contribution in [3.05, 3.63) is 47.0 Å². The molecule has 130 valence electrons. The number of nitrogens with zero attached hydrogens (tertiary/aromatic N) is 1. The third kappa shape index (κ3) is 3.82. The van der Waals surface area contributed by atoms with Gasteiger partial charge in [0.1, 0.15) is 0 Å². The molecule has 0 saturated heterocycles. The second kappa shape index (κ2) is 8.04. The maximum Gasteiger partial charge on any atom is 0.255 e. The molecule has 25 heavy (non-hydrogen) atoms. The molecule has 0 aliphatic rings. The van der Waals surface area contributed by atoms with Crippen LogP contribution in [0.2, 0.25) is 0 Å². The molecule has 0 radical (unpaired) electrons. The van der Waals surface area contributed by atoms with E-state index in [0.717, 1.165) is 0 Å². The average molecular weight is 342 g/mol. The second-order valence-electron chi connectivity index (χ2n) is 5.01. The molecule has 0 aromatic heterocycles. The molecule has 0 atom stereocenters. The van der Waals surface area contributed by atoms with Crippen LogP contribution in [-0.2, 0) is 6.61 Å². The van der Waals surface area contributed by atoms with Crippen molar-refractivity contribution in [2.75, 3.05) is 26.6 Å². The van der Waals surface area contributed by atoms with E-state index >= 15 is 0 Å². The van der Waals surface area contributed by atoms with E-state index in [-0.39, 0.29) is 12.2 Å².